The van der Waals surface area contributed by atoms with E-state index in [0.29, 0.717) is 6.54 Å². The average Bonchev–Trinajstić information content (AvgIpc) is 2.55. The SMILES string of the molecule is CSCCCCn1ncc([N+](=O)[O-])c1N. The molecule has 0 radical (unpaired) electrons. The minimum Gasteiger partial charge on any atom is -0.378 e. The Hall–Kier alpha value is -1.24. The topological polar surface area (TPSA) is 87.0 Å². The van der Waals surface area contributed by atoms with E-state index in [0.717, 1.165) is 18.6 Å². The van der Waals surface area contributed by atoms with Crippen LogP contribution in [0.25, 0.3) is 0 Å². The van der Waals surface area contributed by atoms with Gasteiger partial charge in [-0.05, 0) is 24.9 Å². The summed E-state index contributed by atoms with van der Waals surface area (Å²) in [6, 6.07) is 0. The highest BCUT2D eigenvalue weighted by atomic mass is 32.2. The minimum absolute atomic E-state index is 0.111. The van der Waals surface area contributed by atoms with Gasteiger partial charge >= 0.3 is 5.69 Å². The van der Waals surface area contributed by atoms with Gasteiger partial charge in [0.1, 0.15) is 6.20 Å². The van der Waals surface area contributed by atoms with Crippen LogP contribution >= 0.6 is 11.8 Å². The first-order valence-corrected chi connectivity index (χ1v) is 6.00. The molecule has 0 spiro atoms. The van der Waals surface area contributed by atoms with E-state index >= 15 is 0 Å². The van der Waals surface area contributed by atoms with Crippen molar-refractivity contribution in [2.45, 2.75) is 19.4 Å². The molecule has 0 aromatic carbocycles. The third kappa shape index (κ3) is 3.12. The molecule has 0 amide bonds. The average molecular weight is 230 g/mol. The summed E-state index contributed by atoms with van der Waals surface area (Å²) in [7, 11) is 0. The van der Waals surface area contributed by atoms with Crippen molar-refractivity contribution in [3.8, 4) is 0 Å². The quantitative estimate of drug-likeness (QED) is 0.455. The molecule has 0 aliphatic rings. The lowest BCUT2D eigenvalue weighted by Gasteiger charge is -2.02. The van der Waals surface area contributed by atoms with E-state index in [2.05, 4.69) is 5.10 Å². The van der Waals surface area contributed by atoms with Crippen LogP contribution in [0.5, 0.6) is 0 Å². The summed E-state index contributed by atoms with van der Waals surface area (Å²) in [6.45, 7) is 0.639. The predicted octanol–water partition coefficient (Wildman–Crippen LogP) is 1.52. The van der Waals surface area contributed by atoms with Gasteiger partial charge in [-0.15, -0.1) is 0 Å². The molecule has 0 saturated carbocycles. The normalized spacial score (nSPS) is 10.5. The molecule has 0 unspecified atom stereocenters. The highest BCUT2D eigenvalue weighted by Crippen LogP contribution is 2.20. The maximum Gasteiger partial charge on any atom is 0.330 e. The molecule has 1 aromatic heterocycles. The van der Waals surface area contributed by atoms with Gasteiger partial charge in [-0.2, -0.15) is 16.9 Å². The van der Waals surface area contributed by atoms with Crippen molar-refractivity contribution in [1.29, 1.82) is 0 Å². The molecular formula is C8H14N4O2S. The molecule has 0 bridgehead atoms. The van der Waals surface area contributed by atoms with Crippen LogP contribution in [0.1, 0.15) is 12.8 Å². The molecule has 0 atom stereocenters. The number of thioether (sulfide) groups is 1. The zero-order chi connectivity index (χ0) is 11.3. The number of hydrogen-bond acceptors (Lipinski definition) is 5. The Balaban J connectivity index is 2.51. The molecular weight excluding hydrogens is 216 g/mol. The van der Waals surface area contributed by atoms with Gasteiger partial charge in [0.05, 0.1) is 4.92 Å². The Bertz CT molecular complexity index is 339. The number of hydrogen-bond donors (Lipinski definition) is 1. The van der Waals surface area contributed by atoms with Gasteiger partial charge < -0.3 is 5.73 Å². The number of nitrogen functional groups attached to an aromatic ring is 1. The van der Waals surface area contributed by atoms with Crippen LogP contribution in [-0.2, 0) is 6.54 Å². The van der Waals surface area contributed by atoms with E-state index in [1.165, 1.54) is 10.9 Å². The largest absolute Gasteiger partial charge is 0.378 e. The molecule has 15 heavy (non-hydrogen) atoms. The second-order valence-electron chi connectivity index (χ2n) is 3.10. The first-order chi connectivity index (χ1) is 7.16. The lowest BCUT2D eigenvalue weighted by Crippen LogP contribution is -2.05. The number of aromatic nitrogens is 2. The standard InChI is InChI=1S/C8H14N4O2S/c1-15-5-3-2-4-11-8(9)7(6-10-11)12(13)14/h6H,2-5,9H2,1H3. The molecule has 0 aliphatic heterocycles. The second-order valence-corrected chi connectivity index (χ2v) is 4.08. The fourth-order valence-electron chi connectivity index (χ4n) is 1.21. The number of aryl methyl sites for hydroxylation is 1. The van der Waals surface area contributed by atoms with Crippen LogP contribution in [0.4, 0.5) is 11.5 Å². The lowest BCUT2D eigenvalue weighted by atomic mass is 10.3. The van der Waals surface area contributed by atoms with Crippen molar-refractivity contribution in [2.75, 3.05) is 17.7 Å². The molecule has 0 fully saturated rings. The van der Waals surface area contributed by atoms with Crippen LogP contribution in [-0.4, -0.2) is 26.7 Å². The highest BCUT2D eigenvalue weighted by Gasteiger charge is 2.16. The van der Waals surface area contributed by atoms with Crippen LogP contribution in [0, 0.1) is 10.1 Å². The third-order valence-corrected chi connectivity index (χ3v) is 2.72. The first-order valence-electron chi connectivity index (χ1n) is 4.61. The molecule has 1 heterocycles. The Morgan fingerprint density at radius 1 is 1.67 bits per heavy atom. The van der Waals surface area contributed by atoms with Gasteiger partial charge in [-0.25, -0.2) is 4.68 Å². The molecule has 2 N–H and O–H groups in total. The Kier molecular flexibility index (Phi) is 4.41. The molecule has 1 aromatic rings. The number of anilines is 1. The molecule has 0 aliphatic carbocycles. The second kappa shape index (κ2) is 5.59. The van der Waals surface area contributed by atoms with Gasteiger partial charge in [0.25, 0.3) is 0 Å². The van der Waals surface area contributed by atoms with Crippen molar-refractivity contribution in [2.24, 2.45) is 0 Å². The van der Waals surface area contributed by atoms with E-state index in [1.54, 1.807) is 11.8 Å². The molecule has 1 rings (SSSR count). The Morgan fingerprint density at radius 2 is 2.40 bits per heavy atom. The molecule has 0 saturated heterocycles. The number of nitrogens with two attached hydrogens (primary N) is 1. The summed E-state index contributed by atoms with van der Waals surface area (Å²) in [6.07, 6.45) is 5.25. The van der Waals surface area contributed by atoms with Gasteiger partial charge in [-0.1, -0.05) is 0 Å². The fraction of sp³-hybridized carbons (Fsp3) is 0.625. The van der Waals surface area contributed by atoms with Gasteiger partial charge in [0.15, 0.2) is 0 Å². The van der Waals surface area contributed by atoms with E-state index in [9.17, 15) is 10.1 Å². The summed E-state index contributed by atoms with van der Waals surface area (Å²) < 4.78 is 1.48. The predicted molar refractivity (Wildman–Crippen MR) is 60.9 cm³/mol. The van der Waals surface area contributed by atoms with E-state index in [-0.39, 0.29) is 11.5 Å². The number of rotatable bonds is 6. The van der Waals surface area contributed by atoms with Crippen LogP contribution in [0.15, 0.2) is 6.20 Å². The maximum absolute atomic E-state index is 10.5. The maximum atomic E-state index is 10.5. The minimum atomic E-state index is -0.513. The van der Waals surface area contributed by atoms with Crippen LogP contribution < -0.4 is 5.73 Å². The summed E-state index contributed by atoms with van der Waals surface area (Å²) >= 11 is 1.78. The zero-order valence-electron chi connectivity index (χ0n) is 8.55. The molecule has 6 nitrogen and oxygen atoms in total. The number of nitrogens with zero attached hydrogens (tertiary/aromatic N) is 3. The van der Waals surface area contributed by atoms with Gasteiger partial charge in [0, 0.05) is 6.54 Å². The van der Waals surface area contributed by atoms with Crippen molar-refractivity contribution < 1.29 is 4.92 Å². The fourth-order valence-corrected chi connectivity index (χ4v) is 1.70. The summed E-state index contributed by atoms with van der Waals surface area (Å²) in [5.41, 5.74) is 5.46. The van der Waals surface area contributed by atoms with Crippen molar-refractivity contribution in [3.05, 3.63) is 16.3 Å². The third-order valence-electron chi connectivity index (χ3n) is 2.02. The van der Waals surface area contributed by atoms with E-state index < -0.39 is 4.92 Å². The lowest BCUT2D eigenvalue weighted by molar-refractivity contribution is -0.384. The Morgan fingerprint density at radius 3 is 2.93 bits per heavy atom. The monoisotopic (exact) mass is 230 g/mol. The van der Waals surface area contributed by atoms with Crippen molar-refractivity contribution >= 4 is 23.3 Å². The van der Waals surface area contributed by atoms with Crippen molar-refractivity contribution in [1.82, 2.24) is 9.78 Å². The Labute approximate surface area is 92.0 Å². The smallest absolute Gasteiger partial charge is 0.330 e. The van der Waals surface area contributed by atoms with E-state index in [1.807, 2.05) is 6.26 Å². The van der Waals surface area contributed by atoms with Crippen molar-refractivity contribution in [3.63, 3.8) is 0 Å². The summed E-state index contributed by atoms with van der Waals surface area (Å²) in [5.74, 6) is 1.23. The van der Waals surface area contributed by atoms with E-state index in [4.69, 9.17) is 5.73 Å². The highest BCUT2D eigenvalue weighted by molar-refractivity contribution is 7.98. The molecule has 84 valence electrons. The first kappa shape index (κ1) is 11.8. The van der Waals surface area contributed by atoms with Crippen LogP contribution in [0.3, 0.4) is 0 Å². The number of nitro groups is 1. The molecule has 7 heteroatoms. The van der Waals surface area contributed by atoms with Gasteiger partial charge in [0.2, 0.25) is 5.82 Å². The zero-order valence-corrected chi connectivity index (χ0v) is 9.37. The number of unbranched alkanes of at least 4 members (excludes halogenated alkanes) is 1. The van der Waals surface area contributed by atoms with Gasteiger partial charge in [-0.3, -0.25) is 10.1 Å². The summed E-state index contributed by atoms with van der Waals surface area (Å²) in [4.78, 5) is 9.97. The van der Waals surface area contributed by atoms with Crippen LogP contribution in [0.2, 0.25) is 0 Å². The summed E-state index contributed by atoms with van der Waals surface area (Å²) in [5, 5.41) is 14.4.